The number of carbonyl (C=O) groups is 1. The minimum absolute atomic E-state index is 0.0516. The van der Waals surface area contributed by atoms with E-state index in [4.69, 9.17) is 10.00 Å². The zero-order valence-electron chi connectivity index (χ0n) is 15.3. The molecule has 0 atom stereocenters. The molecule has 0 spiro atoms. The average Bonchev–Trinajstić information content (AvgIpc) is 2.70. The summed E-state index contributed by atoms with van der Waals surface area (Å²) in [5.74, 6) is 0.438. The van der Waals surface area contributed by atoms with Gasteiger partial charge in [-0.3, -0.25) is 4.79 Å². The molecular formula is C23H20N2O2. The molecule has 0 saturated heterocycles. The molecule has 0 aromatic heterocycles. The van der Waals surface area contributed by atoms with Gasteiger partial charge in [-0.15, -0.1) is 0 Å². The van der Waals surface area contributed by atoms with Crippen LogP contribution in [0.1, 0.15) is 16.7 Å². The monoisotopic (exact) mass is 356 g/mol. The number of nitriles is 1. The second kappa shape index (κ2) is 8.20. The molecular weight excluding hydrogens is 336 g/mol. The van der Waals surface area contributed by atoms with E-state index in [0.29, 0.717) is 11.3 Å². The van der Waals surface area contributed by atoms with Crippen LogP contribution in [0.2, 0.25) is 0 Å². The summed E-state index contributed by atoms with van der Waals surface area (Å²) in [5.41, 5.74) is 5.56. The number of ether oxygens (including phenoxy) is 1. The SMILES string of the molecule is Cc1cccc(C)c1NC(=O)COc1ccc(-c2ccc(C#N)cc2)cc1. The van der Waals surface area contributed by atoms with Crippen LogP contribution in [0.15, 0.2) is 66.7 Å². The number of benzene rings is 3. The molecule has 0 bridgehead atoms. The first-order valence-electron chi connectivity index (χ1n) is 8.66. The van der Waals surface area contributed by atoms with Gasteiger partial charge in [-0.2, -0.15) is 5.26 Å². The molecule has 0 saturated carbocycles. The predicted octanol–water partition coefficient (Wildman–Crippen LogP) is 4.86. The first kappa shape index (κ1) is 18.2. The molecule has 0 unspecified atom stereocenters. The van der Waals surface area contributed by atoms with Gasteiger partial charge in [0.05, 0.1) is 11.6 Å². The summed E-state index contributed by atoms with van der Waals surface area (Å²) in [5, 5.41) is 11.8. The van der Waals surface area contributed by atoms with Crippen LogP contribution in [0, 0.1) is 25.2 Å². The highest BCUT2D eigenvalue weighted by atomic mass is 16.5. The van der Waals surface area contributed by atoms with Crippen LogP contribution in [0.4, 0.5) is 5.69 Å². The van der Waals surface area contributed by atoms with Gasteiger partial charge in [-0.1, -0.05) is 42.5 Å². The molecule has 0 aliphatic rings. The lowest BCUT2D eigenvalue weighted by atomic mass is 10.0. The Labute approximate surface area is 159 Å². The molecule has 1 amide bonds. The van der Waals surface area contributed by atoms with E-state index >= 15 is 0 Å². The van der Waals surface area contributed by atoms with Crippen molar-refractivity contribution in [3.8, 4) is 22.9 Å². The molecule has 3 rings (SSSR count). The summed E-state index contributed by atoms with van der Waals surface area (Å²) in [4.78, 5) is 12.2. The summed E-state index contributed by atoms with van der Waals surface area (Å²) in [6.45, 7) is 3.88. The van der Waals surface area contributed by atoms with Crippen molar-refractivity contribution in [2.24, 2.45) is 0 Å². The molecule has 0 heterocycles. The van der Waals surface area contributed by atoms with Gasteiger partial charge in [0, 0.05) is 5.69 Å². The standard InChI is InChI=1S/C23H20N2O2/c1-16-4-3-5-17(2)23(16)25-22(26)15-27-21-12-10-20(11-13-21)19-8-6-18(14-24)7-9-19/h3-13H,15H2,1-2H3,(H,25,26). The van der Waals surface area contributed by atoms with Gasteiger partial charge >= 0.3 is 0 Å². The number of nitrogens with one attached hydrogen (secondary N) is 1. The third-order valence-corrected chi connectivity index (χ3v) is 4.32. The fourth-order valence-corrected chi connectivity index (χ4v) is 2.82. The predicted molar refractivity (Wildman–Crippen MR) is 107 cm³/mol. The molecule has 134 valence electrons. The van der Waals surface area contributed by atoms with E-state index in [1.165, 1.54) is 0 Å². The number of hydrogen-bond donors (Lipinski definition) is 1. The van der Waals surface area contributed by atoms with Crippen molar-refractivity contribution >= 4 is 11.6 Å². The Kier molecular flexibility index (Phi) is 5.53. The number of anilines is 1. The maximum absolute atomic E-state index is 12.2. The van der Waals surface area contributed by atoms with Crippen molar-refractivity contribution in [1.29, 1.82) is 5.26 Å². The zero-order chi connectivity index (χ0) is 19.2. The second-order valence-corrected chi connectivity index (χ2v) is 6.32. The van der Waals surface area contributed by atoms with Gasteiger partial charge < -0.3 is 10.1 Å². The highest BCUT2D eigenvalue weighted by molar-refractivity contribution is 5.93. The highest BCUT2D eigenvalue weighted by Crippen LogP contribution is 2.23. The average molecular weight is 356 g/mol. The Balaban J connectivity index is 1.60. The number of carbonyl (C=O) groups excluding carboxylic acids is 1. The summed E-state index contributed by atoms with van der Waals surface area (Å²) < 4.78 is 5.59. The van der Waals surface area contributed by atoms with Crippen LogP contribution in [-0.2, 0) is 4.79 Å². The number of nitrogens with zero attached hydrogens (tertiary/aromatic N) is 1. The Morgan fingerprint density at radius 3 is 2.04 bits per heavy atom. The molecule has 4 heteroatoms. The maximum Gasteiger partial charge on any atom is 0.262 e. The topological polar surface area (TPSA) is 62.1 Å². The Hall–Kier alpha value is -3.58. The smallest absolute Gasteiger partial charge is 0.262 e. The van der Waals surface area contributed by atoms with Crippen molar-refractivity contribution in [2.45, 2.75) is 13.8 Å². The lowest BCUT2D eigenvalue weighted by Crippen LogP contribution is -2.21. The number of para-hydroxylation sites is 1. The lowest BCUT2D eigenvalue weighted by Gasteiger charge is -2.12. The summed E-state index contributed by atoms with van der Waals surface area (Å²) in [6, 6.07) is 22.9. The van der Waals surface area contributed by atoms with E-state index in [-0.39, 0.29) is 12.5 Å². The van der Waals surface area contributed by atoms with Gasteiger partial charge in [0.25, 0.3) is 5.91 Å². The lowest BCUT2D eigenvalue weighted by molar-refractivity contribution is -0.118. The van der Waals surface area contributed by atoms with E-state index in [9.17, 15) is 4.79 Å². The molecule has 0 fully saturated rings. The molecule has 4 nitrogen and oxygen atoms in total. The minimum Gasteiger partial charge on any atom is -0.484 e. The minimum atomic E-state index is -0.191. The van der Waals surface area contributed by atoms with Crippen LogP contribution in [0.5, 0.6) is 5.75 Å². The van der Waals surface area contributed by atoms with Crippen LogP contribution < -0.4 is 10.1 Å². The van der Waals surface area contributed by atoms with Crippen LogP contribution in [-0.4, -0.2) is 12.5 Å². The summed E-state index contributed by atoms with van der Waals surface area (Å²) in [6.07, 6.45) is 0. The van der Waals surface area contributed by atoms with E-state index in [0.717, 1.165) is 27.9 Å². The van der Waals surface area contributed by atoms with Crippen molar-refractivity contribution in [3.63, 3.8) is 0 Å². The Bertz CT molecular complexity index is 964. The van der Waals surface area contributed by atoms with Crippen LogP contribution in [0.3, 0.4) is 0 Å². The van der Waals surface area contributed by atoms with E-state index in [1.54, 1.807) is 12.1 Å². The maximum atomic E-state index is 12.2. The quantitative estimate of drug-likeness (QED) is 0.710. The number of hydrogen-bond acceptors (Lipinski definition) is 3. The van der Waals surface area contributed by atoms with E-state index in [1.807, 2.05) is 68.4 Å². The van der Waals surface area contributed by atoms with Crippen molar-refractivity contribution < 1.29 is 9.53 Å². The fraction of sp³-hybridized carbons (Fsp3) is 0.130. The van der Waals surface area contributed by atoms with E-state index in [2.05, 4.69) is 11.4 Å². The van der Waals surface area contributed by atoms with Crippen LogP contribution in [0.25, 0.3) is 11.1 Å². The third kappa shape index (κ3) is 4.53. The Morgan fingerprint density at radius 2 is 1.48 bits per heavy atom. The summed E-state index contributed by atoms with van der Waals surface area (Å²) >= 11 is 0. The molecule has 0 radical (unpaired) electrons. The van der Waals surface area contributed by atoms with Gasteiger partial charge in [0.2, 0.25) is 0 Å². The van der Waals surface area contributed by atoms with Crippen molar-refractivity contribution in [3.05, 3.63) is 83.4 Å². The normalized spacial score (nSPS) is 10.1. The second-order valence-electron chi connectivity index (χ2n) is 6.32. The number of rotatable bonds is 5. The fourth-order valence-electron chi connectivity index (χ4n) is 2.82. The van der Waals surface area contributed by atoms with E-state index < -0.39 is 0 Å². The van der Waals surface area contributed by atoms with Gasteiger partial charge in [-0.05, 0) is 60.4 Å². The first-order valence-corrected chi connectivity index (χ1v) is 8.66. The third-order valence-electron chi connectivity index (χ3n) is 4.32. The zero-order valence-corrected chi connectivity index (χ0v) is 15.3. The van der Waals surface area contributed by atoms with Crippen molar-refractivity contribution in [1.82, 2.24) is 0 Å². The number of aryl methyl sites for hydroxylation is 2. The van der Waals surface area contributed by atoms with Gasteiger partial charge in [0.15, 0.2) is 6.61 Å². The van der Waals surface area contributed by atoms with Gasteiger partial charge in [-0.25, -0.2) is 0 Å². The molecule has 27 heavy (non-hydrogen) atoms. The Morgan fingerprint density at radius 1 is 0.926 bits per heavy atom. The summed E-state index contributed by atoms with van der Waals surface area (Å²) in [7, 11) is 0. The molecule has 1 N–H and O–H groups in total. The molecule has 0 aliphatic heterocycles. The van der Waals surface area contributed by atoms with Crippen LogP contribution >= 0.6 is 0 Å². The molecule has 0 aliphatic carbocycles. The highest BCUT2D eigenvalue weighted by Gasteiger charge is 2.08. The molecule has 3 aromatic carbocycles. The molecule has 3 aromatic rings. The largest absolute Gasteiger partial charge is 0.484 e. The number of amides is 1. The first-order chi connectivity index (χ1) is 13.1. The van der Waals surface area contributed by atoms with Gasteiger partial charge in [0.1, 0.15) is 5.75 Å². The van der Waals surface area contributed by atoms with Crippen molar-refractivity contribution in [2.75, 3.05) is 11.9 Å².